The molecule has 2 nitrogen and oxygen atoms in total. The Kier molecular flexibility index (Phi) is 8.11. The Labute approximate surface area is 148 Å². The van der Waals surface area contributed by atoms with Crippen LogP contribution in [-0.2, 0) is 4.74 Å². The molecule has 1 aliphatic carbocycles. The van der Waals surface area contributed by atoms with Crippen molar-refractivity contribution in [1.29, 1.82) is 0 Å². The Morgan fingerprint density at radius 1 is 1.00 bits per heavy atom. The number of rotatable bonds is 9. The molecule has 1 aliphatic rings. The molecule has 0 spiro atoms. The molecule has 0 bridgehead atoms. The molecular formula is C22H36O2. The first-order valence-electron chi connectivity index (χ1n) is 9.91. The van der Waals surface area contributed by atoms with Gasteiger partial charge in [0, 0.05) is 13.5 Å². The van der Waals surface area contributed by atoms with E-state index in [1.165, 1.54) is 50.5 Å². The maximum Gasteiger partial charge on any atom is 0.119 e. The first-order chi connectivity index (χ1) is 11.6. The minimum absolute atomic E-state index is 0.180. The zero-order valence-electron chi connectivity index (χ0n) is 16.1. The lowest BCUT2D eigenvalue weighted by molar-refractivity contribution is 0.0719. The van der Waals surface area contributed by atoms with Crippen LogP contribution in [0.5, 0.6) is 5.75 Å². The van der Waals surface area contributed by atoms with Gasteiger partial charge in [-0.3, -0.25) is 0 Å². The Morgan fingerprint density at radius 2 is 1.67 bits per heavy atom. The molecule has 2 atom stereocenters. The monoisotopic (exact) mass is 332 g/mol. The van der Waals surface area contributed by atoms with E-state index in [1.54, 1.807) is 7.11 Å². The summed E-state index contributed by atoms with van der Waals surface area (Å²) >= 11 is 0. The van der Waals surface area contributed by atoms with Gasteiger partial charge in [-0.1, -0.05) is 38.3 Å². The van der Waals surface area contributed by atoms with Gasteiger partial charge in [0.15, 0.2) is 0 Å². The summed E-state index contributed by atoms with van der Waals surface area (Å²) in [5.41, 5.74) is 1.49. The summed E-state index contributed by atoms with van der Waals surface area (Å²) in [5, 5.41) is 0. The molecule has 0 aliphatic heterocycles. The predicted octanol–water partition coefficient (Wildman–Crippen LogP) is 6.34. The van der Waals surface area contributed by atoms with Gasteiger partial charge in [-0.2, -0.15) is 0 Å². The van der Waals surface area contributed by atoms with Crippen LogP contribution in [0.3, 0.4) is 0 Å². The SMILES string of the molecule is CCCCC1CCC(c2ccc(OC(C)CC(C)OC)cc2)CC1. The summed E-state index contributed by atoms with van der Waals surface area (Å²) in [5.74, 6) is 2.71. The van der Waals surface area contributed by atoms with Crippen molar-refractivity contribution in [3.63, 3.8) is 0 Å². The van der Waals surface area contributed by atoms with Crippen molar-refractivity contribution in [3.8, 4) is 5.75 Å². The van der Waals surface area contributed by atoms with Gasteiger partial charge in [-0.15, -0.1) is 0 Å². The van der Waals surface area contributed by atoms with Gasteiger partial charge < -0.3 is 9.47 Å². The summed E-state index contributed by atoms with van der Waals surface area (Å²) in [6, 6.07) is 8.84. The van der Waals surface area contributed by atoms with Gasteiger partial charge in [-0.05, 0) is 69.1 Å². The van der Waals surface area contributed by atoms with Crippen molar-refractivity contribution in [2.75, 3.05) is 7.11 Å². The zero-order chi connectivity index (χ0) is 17.4. The summed E-state index contributed by atoms with van der Waals surface area (Å²) in [6.07, 6.45) is 11.1. The molecular weight excluding hydrogens is 296 g/mol. The van der Waals surface area contributed by atoms with E-state index in [-0.39, 0.29) is 12.2 Å². The van der Waals surface area contributed by atoms with E-state index in [1.807, 2.05) is 0 Å². The van der Waals surface area contributed by atoms with E-state index in [2.05, 4.69) is 45.0 Å². The molecule has 2 rings (SSSR count). The molecule has 1 aromatic rings. The van der Waals surface area contributed by atoms with Crippen molar-refractivity contribution < 1.29 is 9.47 Å². The highest BCUT2D eigenvalue weighted by Crippen LogP contribution is 2.38. The minimum Gasteiger partial charge on any atom is -0.491 e. The highest BCUT2D eigenvalue weighted by atomic mass is 16.5. The third-order valence-electron chi connectivity index (χ3n) is 5.57. The van der Waals surface area contributed by atoms with Crippen LogP contribution in [0.2, 0.25) is 0 Å². The zero-order valence-corrected chi connectivity index (χ0v) is 16.1. The minimum atomic E-state index is 0.180. The molecule has 1 fully saturated rings. The topological polar surface area (TPSA) is 18.5 Å². The van der Waals surface area contributed by atoms with Crippen molar-refractivity contribution in [2.45, 2.75) is 90.3 Å². The Balaban J connectivity index is 1.80. The van der Waals surface area contributed by atoms with Crippen LogP contribution < -0.4 is 4.74 Å². The number of hydrogen-bond donors (Lipinski definition) is 0. The summed E-state index contributed by atoms with van der Waals surface area (Å²) < 4.78 is 11.3. The standard InChI is InChI=1S/C22H36O2/c1-5-6-7-19-8-10-20(11-9-19)21-12-14-22(15-13-21)24-18(3)16-17(2)23-4/h12-15,17-20H,5-11,16H2,1-4H3. The van der Waals surface area contributed by atoms with Crippen LogP contribution in [0.1, 0.15) is 83.6 Å². The molecule has 2 heteroatoms. The largest absolute Gasteiger partial charge is 0.491 e. The van der Waals surface area contributed by atoms with Gasteiger partial charge in [0.05, 0.1) is 12.2 Å². The molecule has 0 amide bonds. The molecule has 0 radical (unpaired) electrons. The fourth-order valence-electron chi connectivity index (χ4n) is 3.94. The van der Waals surface area contributed by atoms with Gasteiger partial charge >= 0.3 is 0 Å². The summed E-state index contributed by atoms with van der Waals surface area (Å²) in [4.78, 5) is 0. The molecule has 0 aromatic heterocycles. The van der Waals surface area contributed by atoms with Crippen molar-refractivity contribution >= 4 is 0 Å². The van der Waals surface area contributed by atoms with Gasteiger partial charge in [0.25, 0.3) is 0 Å². The fourth-order valence-corrected chi connectivity index (χ4v) is 3.94. The fraction of sp³-hybridized carbons (Fsp3) is 0.727. The number of unbranched alkanes of at least 4 members (excludes halogenated alkanes) is 1. The quantitative estimate of drug-likeness (QED) is 0.525. The number of methoxy groups -OCH3 is 1. The lowest BCUT2D eigenvalue weighted by atomic mass is 9.77. The number of hydrogen-bond acceptors (Lipinski definition) is 2. The van der Waals surface area contributed by atoms with E-state index in [4.69, 9.17) is 9.47 Å². The highest BCUT2D eigenvalue weighted by molar-refractivity contribution is 5.29. The Hall–Kier alpha value is -1.02. The molecule has 1 aromatic carbocycles. The lowest BCUT2D eigenvalue weighted by Crippen LogP contribution is -2.19. The average molecular weight is 333 g/mol. The molecule has 0 saturated heterocycles. The summed E-state index contributed by atoms with van der Waals surface area (Å²) in [7, 11) is 1.75. The molecule has 0 N–H and O–H groups in total. The lowest BCUT2D eigenvalue weighted by Gasteiger charge is -2.29. The Bertz CT molecular complexity index is 446. The van der Waals surface area contributed by atoms with E-state index >= 15 is 0 Å². The van der Waals surface area contributed by atoms with Crippen LogP contribution in [0.15, 0.2) is 24.3 Å². The van der Waals surface area contributed by atoms with Crippen LogP contribution >= 0.6 is 0 Å². The third kappa shape index (κ3) is 6.12. The van der Waals surface area contributed by atoms with Crippen molar-refractivity contribution in [3.05, 3.63) is 29.8 Å². The summed E-state index contributed by atoms with van der Waals surface area (Å²) in [6.45, 7) is 6.49. The van der Waals surface area contributed by atoms with Gasteiger partial charge in [0.2, 0.25) is 0 Å². The van der Waals surface area contributed by atoms with Gasteiger partial charge in [0.1, 0.15) is 5.75 Å². The van der Waals surface area contributed by atoms with Crippen LogP contribution in [0.25, 0.3) is 0 Å². The smallest absolute Gasteiger partial charge is 0.119 e. The first kappa shape index (κ1) is 19.3. The first-order valence-corrected chi connectivity index (χ1v) is 9.91. The van der Waals surface area contributed by atoms with Crippen molar-refractivity contribution in [2.24, 2.45) is 5.92 Å². The van der Waals surface area contributed by atoms with E-state index in [0.717, 1.165) is 24.0 Å². The normalized spacial score (nSPS) is 23.7. The second-order valence-electron chi connectivity index (χ2n) is 7.64. The van der Waals surface area contributed by atoms with E-state index < -0.39 is 0 Å². The maximum atomic E-state index is 6.01. The molecule has 2 unspecified atom stereocenters. The number of ether oxygens (including phenoxy) is 2. The second-order valence-corrected chi connectivity index (χ2v) is 7.64. The highest BCUT2D eigenvalue weighted by Gasteiger charge is 2.22. The van der Waals surface area contributed by atoms with E-state index in [9.17, 15) is 0 Å². The van der Waals surface area contributed by atoms with E-state index in [0.29, 0.717) is 0 Å². The predicted molar refractivity (Wildman–Crippen MR) is 102 cm³/mol. The van der Waals surface area contributed by atoms with Crippen LogP contribution in [-0.4, -0.2) is 19.3 Å². The van der Waals surface area contributed by atoms with Crippen LogP contribution in [0.4, 0.5) is 0 Å². The number of benzene rings is 1. The molecule has 1 saturated carbocycles. The molecule has 24 heavy (non-hydrogen) atoms. The molecule has 136 valence electrons. The second kappa shape index (κ2) is 10.1. The maximum absolute atomic E-state index is 6.01. The third-order valence-corrected chi connectivity index (χ3v) is 5.57. The Morgan fingerprint density at radius 3 is 2.25 bits per heavy atom. The average Bonchev–Trinajstić information content (AvgIpc) is 2.61. The molecule has 0 heterocycles. The van der Waals surface area contributed by atoms with Gasteiger partial charge in [-0.25, -0.2) is 0 Å². The van der Waals surface area contributed by atoms with Crippen molar-refractivity contribution in [1.82, 2.24) is 0 Å². The van der Waals surface area contributed by atoms with Crippen LogP contribution in [0, 0.1) is 5.92 Å².